The first-order valence-corrected chi connectivity index (χ1v) is 5.76. The van der Waals surface area contributed by atoms with Crippen molar-refractivity contribution in [3.05, 3.63) is 60.2 Å². The van der Waals surface area contributed by atoms with Crippen LogP contribution in [0, 0.1) is 12.3 Å². The van der Waals surface area contributed by atoms with Crippen LogP contribution in [0.15, 0.2) is 54.6 Å². The maximum absolute atomic E-state index is 5.59. The molecule has 0 fully saturated rings. The molecule has 0 aliphatic carbocycles. The smallest absolute Gasteiger partial charge is 0.141 e. The van der Waals surface area contributed by atoms with Gasteiger partial charge >= 0.3 is 0 Å². The molecule has 90 valence electrons. The summed E-state index contributed by atoms with van der Waals surface area (Å²) in [6.07, 6.45) is 5.59. The molecule has 0 aliphatic heterocycles. The minimum atomic E-state index is -0.164. The van der Waals surface area contributed by atoms with Crippen molar-refractivity contribution in [2.45, 2.75) is 6.04 Å². The van der Waals surface area contributed by atoms with E-state index in [-0.39, 0.29) is 6.04 Å². The predicted octanol–water partition coefficient (Wildman–Crippen LogP) is 3.48. The SMILES string of the molecule is C#C[C@H](Nc1ccccc1OC)c1ccccc1. The molecule has 0 aliphatic rings. The average molecular weight is 237 g/mol. The Morgan fingerprint density at radius 2 is 1.72 bits per heavy atom. The fourth-order valence-electron chi connectivity index (χ4n) is 1.79. The molecule has 1 atom stereocenters. The van der Waals surface area contributed by atoms with Gasteiger partial charge in [0.2, 0.25) is 0 Å². The van der Waals surface area contributed by atoms with Gasteiger partial charge in [0, 0.05) is 0 Å². The summed E-state index contributed by atoms with van der Waals surface area (Å²) < 4.78 is 5.30. The van der Waals surface area contributed by atoms with Gasteiger partial charge in [0.15, 0.2) is 0 Å². The number of hydrogen-bond acceptors (Lipinski definition) is 2. The topological polar surface area (TPSA) is 21.3 Å². The molecule has 0 heterocycles. The number of ether oxygens (including phenoxy) is 1. The zero-order chi connectivity index (χ0) is 12.8. The molecule has 0 spiro atoms. The van der Waals surface area contributed by atoms with Crippen LogP contribution in [-0.2, 0) is 0 Å². The molecule has 2 rings (SSSR count). The molecule has 0 radical (unpaired) electrons. The first-order valence-electron chi connectivity index (χ1n) is 5.76. The highest BCUT2D eigenvalue weighted by Gasteiger charge is 2.09. The Kier molecular flexibility index (Phi) is 3.88. The number of terminal acetylenes is 1. The lowest BCUT2D eigenvalue weighted by Gasteiger charge is -2.17. The van der Waals surface area contributed by atoms with Gasteiger partial charge < -0.3 is 10.1 Å². The van der Waals surface area contributed by atoms with E-state index < -0.39 is 0 Å². The Bertz CT molecular complexity index is 543. The van der Waals surface area contributed by atoms with Crippen LogP contribution in [0.25, 0.3) is 0 Å². The van der Waals surface area contributed by atoms with E-state index in [1.54, 1.807) is 7.11 Å². The first kappa shape index (κ1) is 12.1. The molecular formula is C16H15NO. The molecule has 2 heteroatoms. The molecule has 0 aromatic heterocycles. The Morgan fingerprint density at radius 1 is 1.06 bits per heavy atom. The fourth-order valence-corrected chi connectivity index (χ4v) is 1.79. The third-order valence-electron chi connectivity index (χ3n) is 2.71. The van der Waals surface area contributed by atoms with Crippen molar-refractivity contribution in [3.8, 4) is 18.1 Å². The van der Waals surface area contributed by atoms with Gasteiger partial charge in [-0.05, 0) is 17.7 Å². The van der Waals surface area contributed by atoms with E-state index in [1.165, 1.54) is 0 Å². The second-order valence-electron chi connectivity index (χ2n) is 3.85. The summed E-state index contributed by atoms with van der Waals surface area (Å²) in [6.45, 7) is 0. The van der Waals surface area contributed by atoms with Crippen LogP contribution in [0.5, 0.6) is 5.75 Å². The molecule has 2 nitrogen and oxygen atoms in total. The zero-order valence-corrected chi connectivity index (χ0v) is 10.3. The quantitative estimate of drug-likeness (QED) is 0.822. The van der Waals surface area contributed by atoms with Gasteiger partial charge in [-0.15, -0.1) is 6.42 Å². The molecule has 0 saturated carbocycles. The van der Waals surface area contributed by atoms with Crippen LogP contribution in [0.2, 0.25) is 0 Å². The number of nitrogens with one attached hydrogen (secondary N) is 1. The van der Waals surface area contributed by atoms with Gasteiger partial charge in [-0.3, -0.25) is 0 Å². The van der Waals surface area contributed by atoms with Gasteiger partial charge in [-0.1, -0.05) is 48.4 Å². The van der Waals surface area contributed by atoms with Gasteiger partial charge in [0.05, 0.1) is 12.8 Å². The highest BCUT2D eigenvalue weighted by atomic mass is 16.5. The Labute approximate surface area is 108 Å². The number of hydrogen-bond donors (Lipinski definition) is 1. The van der Waals surface area contributed by atoms with E-state index in [9.17, 15) is 0 Å². The maximum atomic E-state index is 5.59. The van der Waals surface area contributed by atoms with Crippen LogP contribution in [-0.4, -0.2) is 7.11 Å². The number of methoxy groups -OCH3 is 1. The van der Waals surface area contributed by atoms with Crippen LogP contribution in [0.3, 0.4) is 0 Å². The predicted molar refractivity (Wildman–Crippen MR) is 74.6 cm³/mol. The first-order chi connectivity index (χ1) is 8.85. The number of para-hydroxylation sites is 2. The van der Waals surface area contributed by atoms with Gasteiger partial charge in [0.25, 0.3) is 0 Å². The van der Waals surface area contributed by atoms with Gasteiger partial charge in [0.1, 0.15) is 11.8 Å². The second-order valence-corrected chi connectivity index (χ2v) is 3.85. The van der Waals surface area contributed by atoms with Crippen LogP contribution in [0.1, 0.15) is 11.6 Å². The lowest BCUT2D eigenvalue weighted by atomic mass is 10.1. The lowest BCUT2D eigenvalue weighted by molar-refractivity contribution is 0.416. The van der Waals surface area contributed by atoms with E-state index in [1.807, 2.05) is 54.6 Å². The number of benzene rings is 2. The standard InChI is InChI=1S/C16H15NO/c1-3-14(13-9-5-4-6-10-13)17-15-11-7-8-12-16(15)18-2/h1,4-12,14,17H,2H3/t14-/m0/s1. The molecular weight excluding hydrogens is 222 g/mol. The molecule has 0 saturated heterocycles. The monoisotopic (exact) mass is 237 g/mol. The summed E-state index contributed by atoms with van der Waals surface area (Å²) in [5.74, 6) is 3.54. The fraction of sp³-hybridized carbons (Fsp3) is 0.125. The Morgan fingerprint density at radius 3 is 2.39 bits per heavy atom. The largest absolute Gasteiger partial charge is 0.495 e. The molecule has 2 aromatic carbocycles. The number of rotatable bonds is 4. The van der Waals surface area contributed by atoms with Crippen molar-refractivity contribution in [2.75, 3.05) is 12.4 Å². The molecule has 18 heavy (non-hydrogen) atoms. The third-order valence-corrected chi connectivity index (χ3v) is 2.71. The minimum absolute atomic E-state index is 0.164. The van der Waals surface area contributed by atoms with E-state index in [2.05, 4.69) is 11.2 Å². The molecule has 0 amide bonds. The van der Waals surface area contributed by atoms with Crippen LogP contribution >= 0.6 is 0 Å². The van der Waals surface area contributed by atoms with Crippen LogP contribution < -0.4 is 10.1 Å². The van der Waals surface area contributed by atoms with Crippen LogP contribution in [0.4, 0.5) is 5.69 Å². The van der Waals surface area contributed by atoms with Crippen molar-refractivity contribution < 1.29 is 4.74 Å². The van der Waals surface area contributed by atoms with E-state index in [4.69, 9.17) is 11.2 Å². The molecule has 0 unspecified atom stereocenters. The second kappa shape index (κ2) is 5.79. The van der Waals surface area contributed by atoms with Crippen molar-refractivity contribution in [3.63, 3.8) is 0 Å². The summed E-state index contributed by atoms with van der Waals surface area (Å²) in [5, 5.41) is 3.30. The number of anilines is 1. The zero-order valence-electron chi connectivity index (χ0n) is 10.3. The van der Waals surface area contributed by atoms with E-state index in [0.29, 0.717) is 0 Å². The third kappa shape index (κ3) is 2.64. The van der Waals surface area contributed by atoms with Crippen molar-refractivity contribution in [2.24, 2.45) is 0 Å². The molecule has 0 bridgehead atoms. The minimum Gasteiger partial charge on any atom is -0.495 e. The maximum Gasteiger partial charge on any atom is 0.141 e. The lowest BCUT2D eigenvalue weighted by Crippen LogP contribution is -2.09. The Hall–Kier alpha value is -2.40. The van der Waals surface area contributed by atoms with Crippen molar-refractivity contribution >= 4 is 5.69 Å². The highest BCUT2D eigenvalue weighted by molar-refractivity contribution is 5.58. The van der Waals surface area contributed by atoms with Gasteiger partial charge in [-0.25, -0.2) is 0 Å². The summed E-state index contributed by atoms with van der Waals surface area (Å²) in [5.41, 5.74) is 1.96. The van der Waals surface area contributed by atoms with Crippen molar-refractivity contribution in [1.82, 2.24) is 0 Å². The normalized spacial score (nSPS) is 11.3. The Balaban J connectivity index is 2.24. The highest BCUT2D eigenvalue weighted by Crippen LogP contribution is 2.27. The summed E-state index contributed by atoms with van der Waals surface area (Å²) in [6, 6.07) is 17.5. The molecule has 1 N–H and O–H groups in total. The van der Waals surface area contributed by atoms with Gasteiger partial charge in [-0.2, -0.15) is 0 Å². The average Bonchev–Trinajstić information content (AvgIpc) is 2.46. The molecule has 2 aromatic rings. The van der Waals surface area contributed by atoms with E-state index in [0.717, 1.165) is 17.0 Å². The summed E-state index contributed by atoms with van der Waals surface area (Å²) >= 11 is 0. The van der Waals surface area contributed by atoms with E-state index >= 15 is 0 Å². The van der Waals surface area contributed by atoms with Crippen molar-refractivity contribution in [1.29, 1.82) is 0 Å². The summed E-state index contributed by atoms with van der Waals surface area (Å²) in [7, 11) is 1.65. The summed E-state index contributed by atoms with van der Waals surface area (Å²) in [4.78, 5) is 0.